The fourth-order valence-corrected chi connectivity index (χ4v) is 3.15. The molecule has 106 valence electrons. The van der Waals surface area contributed by atoms with Crippen LogP contribution in [0.5, 0.6) is 0 Å². The Hall–Kier alpha value is -0.640. The second-order valence-corrected chi connectivity index (χ2v) is 5.79. The molecule has 1 aliphatic rings. The molecule has 2 N–H and O–H groups in total. The Bertz CT molecular complexity index is 425. The van der Waals surface area contributed by atoms with Gasteiger partial charge in [-0.25, -0.2) is 4.39 Å². The van der Waals surface area contributed by atoms with Crippen LogP contribution in [0.25, 0.3) is 0 Å². The largest absolute Gasteiger partial charge is 0.329 e. The Morgan fingerprint density at radius 3 is 2.95 bits per heavy atom. The molecule has 2 atom stereocenters. The highest BCUT2D eigenvalue weighted by molar-refractivity contribution is 6.30. The van der Waals surface area contributed by atoms with Crippen LogP contribution in [0.3, 0.4) is 0 Å². The summed E-state index contributed by atoms with van der Waals surface area (Å²) in [4.78, 5) is 2.34. The van der Waals surface area contributed by atoms with Crippen LogP contribution in [-0.4, -0.2) is 24.0 Å². The van der Waals surface area contributed by atoms with E-state index in [1.807, 2.05) is 0 Å². The van der Waals surface area contributed by atoms with Crippen molar-refractivity contribution in [3.05, 3.63) is 34.6 Å². The minimum absolute atomic E-state index is 0.0770. The van der Waals surface area contributed by atoms with E-state index in [1.165, 1.54) is 18.9 Å². The maximum atomic E-state index is 14.0. The molecule has 2 unspecified atom stereocenters. The predicted molar refractivity (Wildman–Crippen MR) is 77.8 cm³/mol. The van der Waals surface area contributed by atoms with Gasteiger partial charge in [0.1, 0.15) is 5.82 Å². The van der Waals surface area contributed by atoms with Crippen molar-refractivity contribution in [2.24, 2.45) is 5.73 Å². The van der Waals surface area contributed by atoms with E-state index in [0.717, 1.165) is 19.4 Å². The molecule has 0 bridgehead atoms. The summed E-state index contributed by atoms with van der Waals surface area (Å²) in [5.74, 6) is -0.212. The summed E-state index contributed by atoms with van der Waals surface area (Å²) in [6.45, 7) is 3.60. The molecule has 1 fully saturated rings. The molecular formula is C15H22ClFN2. The third-order valence-electron chi connectivity index (χ3n) is 4.05. The first-order valence-electron chi connectivity index (χ1n) is 7.04. The molecule has 1 saturated heterocycles. The smallest absolute Gasteiger partial charge is 0.128 e. The highest BCUT2D eigenvalue weighted by atomic mass is 35.5. The maximum absolute atomic E-state index is 14.0. The van der Waals surface area contributed by atoms with Crippen molar-refractivity contribution in [1.29, 1.82) is 0 Å². The van der Waals surface area contributed by atoms with E-state index >= 15 is 0 Å². The quantitative estimate of drug-likeness (QED) is 0.916. The van der Waals surface area contributed by atoms with Gasteiger partial charge < -0.3 is 5.73 Å². The van der Waals surface area contributed by atoms with Gasteiger partial charge in [0.05, 0.1) is 6.04 Å². The van der Waals surface area contributed by atoms with Crippen LogP contribution in [0.15, 0.2) is 18.2 Å². The van der Waals surface area contributed by atoms with Crippen LogP contribution < -0.4 is 5.73 Å². The van der Waals surface area contributed by atoms with Gasteiger partial charge in [-0.1, -0.05) is 24.4 Å². The van der Waals surface area contributed by atoms with Crippen LogP contribution in [-0.2, 0) is 0 Å². The van der Waals surface area contributed by atoms with E-state index in [9.17, 15) is 4.39 Å². The zero-order valence-corrected chi connectivity index (χ0v) is 12.2. The summed E-state index contributed by atoms with van der Waals surface area (Å²) in [5.41, 5.74) is 6.54. The average Bonchev–Trinajstić information content (AvgIpc) is 2.60. The van der Waals surface area contributed by atoms with Gasteiger partial charge >= 0.3 is 0 Å². The lowest BCUT2D eigenvalue weighted by Crippen LogP contribution is -2.40. The molecule has 0 radical (unpaired) electrons. The molecule has 0 saturated carbocycles. The van der Waals surface area contributed by atoms with Crippen molar-refractivity contribution in [1.82, 2.24) is 4.90 Å². The fraction of sp³-hybridized carbons (Fsp3) is 0.600. The summed E-state index contributed by atoms with van der Waals surface area (Å²) in [5, 5.41) is 0.567. The van der Waals surface area contributed by atoms with Gasteiger partial charge in [-0.15, -0.1) is 0 Å². The molecule has 1 aliphatic heterocycles. The molecule has 19 heavy (non-hydrogen) atoms. The number of likely N-dealkylation sites (tertiary alicyclic amines) is 1. The van der Waals surface area contributed by atoms with Crippen molar-refractivity contribution in [3.8, 4) is 0 Å². The minimum Gasteiger partial charge on any atom is -0.329 e. The van der Waals surface area contributed by atoms with Gasteiger partial charge in [0, 0.05) is 23.2 Å². The first-order valence-corrected chi connectivity index (χ1v) is 7.42. The topological polar surface area (TPSA) is 29.3 Å². The first kappa shape index (κ1) is 14.8. The molecule has 2 nitrogen and oxygen atoms in total. The van der Waals surface area contributed by atoms with E-state index in [0.29, 0.717) is 23.2 Å². The van der Waals surface area contributed by atoms with Crippen LogP contribution in [0, 0.1) is 5.82 Å². The zero-order chi connectivity index (χ0) is 13.8. The Balaban J connectivity index is 2.29. The second kappa shape index (κ2) is 6.69. The highest BCUT2D eigenvalue weighted by Crippen LogP contribution is 2.30. The molecule has 4 heteroatoms. The standard InChI is InChI=1S/C15H22ClFN2/c1-11-5-3-2-4-8-19(11)15(10-18)13-9-12(16)6-7-14(13)17/h6-7,9,11,15H,2-5,8,10,18H2,1H3. The molecule has 1 aromatic rings. The summed E-state index contributed by atoms with van der Waals surface area (Å²) in [6, 6.07) is 5.09. The van der Waals surface area contributed by atoms with E-state index in [1.54, 1.807) is 12.1 Å². The van der Waals surface area contributed by atoms with Crippen molar-refractivity contribution >= 4 is 11.6 Å². The lowest BCUT2D eigenvalue weighted by Gasteiger charge is -2.35. The number of rotatable bonds is 3. The lowest BCUT2D eigenvalue weighted by molar-refractivity contribution is 0.148. The normalized spacial score (nSPS) is 23.1. The molecule has 0 spiro atoms. The molecule has 0 aromatic heterocycles. The SMILES string of the molecule is CC1CCCCCN1C(CN)c1cc(Cl)ccc1F. The minimum atomic E-state index is -0.212. The number of benzene rings is 1. The van der Waals surface area contributed by atoms with Crippen molar-refractivity contribution in [3.63, 3.8) is 0 Å². The molecule has 0 aliphatic carbocycles. The van der Waals surface area contributed by atoms with Gasteiger partial charge in [0.15, 0.2) is 0 Å². The van der Waals surface area contributed by atoms with Crippen molar-refractivity contribution in [2.45, 2.75) is 44.7 Å². The third kappa shape index (κ3) is 3.47. The summed E-state index contributed by atoms with van der Waals surface area (Å²) in [7, 11) is 0. The Kier molecular flexibility index (Phi) is 5.20. The van der Waals surface area contributed by atoms with Crippen LogP contribution in [0.2, 0.25) is 5.02 Å². The molecule has 1 aromatic carbocycles. The number of hydrogen-bond donors (Lipinski definition) is 1. The maximum Gasteiger partial charge on any atom is 0.128 e. The van der Waals surface area contributed by atoms with Gasteiger partial charge in [0.2, 0.25) is 0 Å². The monoisotopic (exact) mass is 284 g/mol. The summed E-state index contributed by atoms with van der Waals surface area (Å²) < 4.78 is 14.0. The molecule has 0 amide bonds. The second-order valence-electron chi connectivity index (χ2n) is 5.35. The predicted octanol–water partition coefficient (Wildman–Crippen LogP) is 3.74. The van der Waals surface area contributed by atoms with Crippen LogP contribution in [0.4, 0.5) is 4.39 Å². The van der Waals surface area contributed by atoms with E-state index in [2.05, 4.69) is 11.8 Å². The van der Waals surface area contributed by atoms with Crippen molar-refractivity contribution < 1.29 is 4.39 Å². The lowest BCUT2D eigenvalue weighted by atomic mass is 10.0. The summed E-state index contributed by atoms with van der Waals surface area (Å²) >= 11 is 6.00. The third-order valence-corrected chi connectivity index (χ3v) is 4.28. The Morgan fingerprint density at radius 2 is 2.21 bits per heavy atom. The molecular weight excluding hydrogens is 263 g/mol. The number of hydrogen-bond acceptors (Lipinski definition) is 2. The van der Waals surface area contributed by atoms with Crippen molar-refractivity contribution in [2.75, 3.05) is 13.1 Å². The number of nitrogens with two attached hydrogens (primary N) is 1. The van der Waals surface area contributed by atoms with Gasteiger partial charge in [-0.2, -0.15) is 0 Å². The fourth-order valence-electron chi connectivity index (χ4n) is 2.97. The van der Waals surface area contributed by atoms with Gasteiger partial charge in [0.25, 0.3) is 0 Å². The highest BCUT2D eigenvalue weighted by Gasteiger charge is 2.27. The molecule has 2 rings (SSSR count). The van der Waals surface area contributed by atoms with E-state index in [4.69, 9.17) is 17.3 Å². The Labute approximate surface area is 119 Å². The van der Waals surface area contributed by atoms with Crippen LogP contribution >= 0.6 is 11.6 Å². The van der Waals surface area contributed by atoms with Gasteiger partial charge in [-0.05, 0) is 44.5 Å². The van der Waals surface area contributed by atoms with Gasteiger partial charge in [-0.3, -0.25) is 4.90 Å². The van der Waals surface area contributed by atoms with E-state index < -0.39 is 0 Å². The average molecular weight is 285 g/mol. The van der Waals surface area contributed by atoms with E-state index in [-0.39, 0.29) is 11.9 Å². The number of halogens is 2. The summed E-state index contributed by atoms with van der Waals surface area (Å²) in [6.07, 6.45) is 4.80. The number of nitrogens with zero attached hydrogens (tertiary/aromatic N) is 1. The Morgan fingerprint density at radius 1 is 1.42 bits per heavy atom. The first-order chi connectivity index (χ1) is 9.13. The zero-order valence-electron chi connectivity index (χ0n) is 11.4. The molecule has 1 heterocycles. The van der Waals surface area contributed by atoms with Crippen LogP contribution in [0.1, 0.15) is 44.2 Å².